The van der Waals surface area contributed by atoms with E-state index in [1.165, 1.54) is 11.8 Å². The SMILES string of the molecule is Cc1cccc(C)c1-n1nnnc1SCC(=O)N[C@H](C)c1cc2ccccc2o1. The van der Waals surface area contributed by atoms with Gasteiger partial charge in [0.25, 0.3) is 0 Å². The number of benzene rings is 2. The molecule has 0 bridgehead atoms. The molecule has 1 atom stereocenters. The van der Waals surface area contributed by atoms with Crippen LogP contribution in [0.4, 0.5) is 0 Å². The molecule has 8 heteroatoms. The normalized spacial score (nSPS) is 12.2. The van der Waals surface area contributed by atoms with E-state index in [9.17, 15) is 4.79 Å². The van der Waals surface area contributed by atoms with Crippen molar-refractivity contribution in [2.45, 2.75) is 32.0 Å². The number of furan rings is 1. The molecule has 0 unspecified atom stereocenters. The number of aromatic nitrogens is 4. The summed E-state index contributed by atoms with van der Waals surface area (Å²) in [6.07, 6.45) is 0. The number of hydrogen-bond donors (Lipinski definition) is 1. The topological polar surface area (TPSA) is 85.8 Å². The van der Waals surface area contributed by atoms with Crippen molar-refractivity contribution in [3.05, 3.63) is 65.4 Å². The zero-order chi connectivity index (χ0) is 20.4. The molecule has 0 spiro atoms. The first-order valence-electron chi connectivity index (χ1n) is 9.28. The second kappa shape index (κ2) is 8.08. The molecular weight excluding hydrogens is 386 g/mol. The van der Waals surface area contributed by atoms with Crippen molar-refractivity contribution in [1.82, 2.24) is 25.5 Å². The van der Waals surface area contributed by atoms with Crippen LogP contribution in [0, 0.1) is 13.8 Å². The lowest BCUT2D eigenvalue weighted by Gasteiger charge is -2.12. The van der Waals surface area contributed by atoms with E-state index in [2.05, 4.69) is 20.8 Å². The molecule has 29 heavy (non-hydrogen) atoms. The van der Waals surface area contributed by atoms with Crippen LogP contribution in [0.15, 0.2) is 58.1 Å². The lowest BCUT2D eigenvalue weighted by Crippen LogP contribution is -2.28. The van der Waals surface area contributed by atoms with Crippen LogP contribution < -0.4 is 5.32 Å². The van der Waals surface area contributed by atoms with Crippen LogP contribution in [0.5, 0.6) is 0 Å². The molecular formula is C21H21N5O2S. The second-order valence-corrected chi connectivity index (χ2v) is 7.82. The van der Waals surface area contributed by atoms with Crippen molar-refractivity contribution in [3.63, 3.8) is 0 Å². The summed E-state index contributed by atoms with van der Waals surface area (Å²) in [6.45, 7) is 5.93. The average Bonchev–Trinajstić information content (AvgIpc) is 3.33. The minimum atomic E-state index is -0.231. The van der Waals surface area contributed by atoms with Gasteiger partial charge in [0.1, 0.15) is 11.3 Å². The number of tetrazole rings is 1. The second-order valence-electron chi connectivity index (χ2n) is 6.88. The maximum Gasteiger partial charge on any atom is 0.231 e. The molecule has 148 valence electrons. The van der Waals surface area contributed by atoms with Gasteiger partial charge in [0.2, 0.25) is 11.1 Å². The monoisotopic (exact) mass is 407 g/mol. The number of hydrogen-bond acceptors (Lipinski definition) is 6. The summed E-state index contributed by atoms with van der Waals surface area (Å²) in [5.74, 6) is 0.819. The predicted molar refractivity (Wildman–Crippen MR) is 112 cm³/mol. The van der Waals surface area contributed by atoms with Crippen molar-refractivity contribution in [2.75, 3.05) is 5.75 Å². The molecule has 0 saturated heterocycles. The standard InChI is InChI=1S/C21H21N5O2S/c1-13-7-6-8-14(2)20(13)26-21(23-24-25-26)29-12-19(27)22-15(3)18-11-16-9-4-5-10-17(16)28-18/h4-11,15H,12H2,1-3H3,(H,22,27)/t15-/m1/s1. The summed E-state index contributed by atoms with van der Waals surface area (Å²) in [5.41, 5.74) is 3.89. The van der Waals surface area contributed by atoms with Crippen LogP contribution in [0.25, 0.3) is 16.7 Å². The van der Waals surface area contributed by atoms with Gasteiger partial charge in [0, 0.05) is 5.39 Å². The molecule has 2 aromatic carbocycles. The lowest BCUT2D eigenvalue weighted by molar-refractivity contribution is -0.119. The van der Waals surface area contributed by atoms with Crippen LogP contribution >= 0.6 is 11.8 Å². The molecule has 0 aliphatic heterocycles. The molecule has 2 aromatic heterocycles. The Balaban J connectivity index is 1.42. The van der Waals surface area contributed by atoms with Gasteiger partial charge in [-0.25, -0.2) is 0 Å². The highest BCUT2D eigenvalue weighted by Gasteiger charge is 2.17. The number of para-hydroxylation sites is 2. The van der Waals surface area contributed by atoms with Gasteiger partial charge < -0.3 is 9.73 Å². The number of carbonyl (C=O) groups excluding carboxylic acids is 1. The van der Waals surface area contributed by atoms with Crippen molar-refractivity contribution in [3.8, 4) is 5.69 Å². The van der Waals surface area contributed by atoms with Gasteiger partial charge >= 0.3 is 0 Å². The van der Waals surface area contributed by atoms with E-state index in [0.717, 1.165) is 33.5 Å². The molecule has 4 rings (SSSR count). The maximum atomic E-state index is 12.5. The zero-order valence-corrected chi connectivity index (χ0v) is 17.2. The van der Waals surface area contributed by atoms with Crippen molar-refractivity contribution in [2.24, 2.45) is 0 Å². The third-order valence-electron chi connectivity index (χ3n) is 4.67. The molecule has 2 heterocycles. The summed E-state index contributed by atoms with van der Waals surface area (Å²) in [5, 5.41) is 16.5. The predicted octanol–water partition coefficient (Wildman–Crippen LogP) is 3.99. The van der Waals surface area contributed by atoms with E-state index < -0.39 is 0 Å². The molecule has 1 amide bonds. The lowest BCUT2D eigenvalue weighted by atomic mass is 10.1. The third-order valence-corrected chi connectivity index (χ3v) is 5.59. The number of thioether (sulfide) groups is 1. The Morgan fingerprint density at radius 2 is 1.93 bits per heavy atom. The van der Waals surface area contributed by atoms with Crippen LogP contribution in [0.2, 0.25) is 0 Å². The van der Waals surface area contributed by atoms with E-state index in [0.29, 0.717) is 5.16 Å². The molecule has 7 nitrogen and oxygen atoms in total. The highest BCUT2D eigenvalue weighted by atomic mass is 32.2. The Hall–Kier alpha value is -3.13. The fourth-order valence-electron chi connectivity index (χ4n) is 3.25. The van der Waals surface area contributed by atoms with Crippen LogP contribution in [-0.4, -0.2) is 31.9 Å². The Kier molecular flexibility index (Phi) is 5.35. The molecule has 0 saturated carbocycles. The zero-order valence-electron chi connectivity index (χ0n) is 16.4. The number of carbonyl (C=O) groups is 1. The Morgan fingerprint density at radius 3 is 2.69 bits per heavy atom. The minimum Gasteiger partial charge on any atom is -0.459 e. The van der Waals surface area contributed by atoms with Gasteiger partial charge in [-0.3, -0.25) is 4.79 Å². The number of nitrogens with zero attached hydrogens (tertiary/aromatic N) is 4. The third kappa shape index (κ3) is 4.02. The summed E-state index contributed by atoms with van der Waals surface area (Å²) in [6, 6.07) is 15.5. The molecule has 0 aliphatic rings. The summed E-state index contributed by atoms with van der Waals surface area (Å²) in [4.78, 5) is 12.5. The van der Waals surface area contributed by atoms with Gasteiger partial charge in [-0.15, -0.1) is 5.10 Å². The quantitative estimate of drug-likeness (QED) is 0.486. The van der Waals surface area contributed by atoms with Gasteiger partial charge in [0.15, 0.2) is 0 Å². The number of amides is 1. The van der Waals surface area contributed by atoms with Crippen LogP contribution in [0.1, 0.15) is 29.9 Å². The average molecular weight is 407 g/mol. The minimum absolute atomic E-state index is 0.112. The largest absolute Gasteiger partial charge is 0.459 e. The first-order valence-corrected chi connectivity index (χ1v) is 10.3. The van der Waals surface area contributed by atoms with Gasteiger partial charge in [-0.05, 0) is 54.5 Å². The van der Waals surface area contributed by atoms with E-state index in [4.69, 9.17) is 4.42 Å². The highest BCUT2D eigenvalue weighted by molar-refractivity contribution is 7.99. The number of aryl methyl sites for hydroxylation is 2. The fourth-order valence-corrected chi connectivity index (χ4v) is 3.94. The highest BCUT2D eigenvalue weighted by Crippen LogP contribution is 2.25. The van der Waals surface area contributed by atoms with Gasteiger partial charge in [0.05, 0.1) is 17.5 Å². The van der Waals surface area contributed by atoms with Crippen LogP contribution in [0.3, 0.4) is 0 Å². The summed E-state index contributed by atoms with van der Waals surface area (Å²) >= 11 is 1.30. The fraction of sp³-hybridized carbons (Fsp3) is 0.238. The molecule has 1 N–H and O–H groups in total. The summed E-state index contributed by atoms with van der Waals surface area (Å²) < 4.78 is 7.51. The van der Waals surface area contributed by atoms with E-state index in [-0.39, 0.29) is 17.7 Å². The van der Waals surface area contributed by atoms with E-state index in [1.807, 2.05) is 69.3 Å². The maximum absolute atomic E-state index is 12.5. The molecule has 0 aliphatic carbocycles. The van der Waals surface area contributed by atoms with Crippen LogP contribution in [-0.2, 0) is 4.79 Å². The smallest absolute Gasteiger partial charge is 0.231 e. The first kappa shape index (κ1) is 19.2. The summed E-state index contributed by atoms with van der Waals surface area (Å²) in [7, 11) is 0. The number of nitrogens with one attached hydrogen (secondary N) is 1. The molecule has 0 fully saturated rings. The number of fused-ring (bicyclic) bond motifs is 1. The Bertz CT molecular complexity index is 1110. The molecule has 0 radical (unpaired) electrons. The molecule has 4 aromatic rings. The van der Waals surface area contributed by atoms with E-state index in [1.54, 1.807) is 4.68 Å². The Labute approximate surface area is 172 Å². The van der Waals surface area contributed by atoms with E-state index >= 15 is 0 Å². The van der Waals surface area contributed by atoms with Crippen molar-refractivity contribution < 1.29 is 9.21 Å². The van der Waals surface area contributed by atoms with Gasteiger partial charge in [-0.2, -0.15) is 4.68 Å². The first-order chi connectivity index (χ1) is 14.0. The van der Waals surface area contributed by atoms with Crippen molar-refractivity contribution >= 4 is 28.6 Å². The Morgan fingerprint density at radius 1 is 1.17 bits per heavy atom. The van der Waals surface area contributed by atoms with Crippen molar-refractivity contribution in [1.29, 1.82) is 0 Å². The number of rotatable bonds is 6. The van der Waals surface area contributed by atoms with Gasteiger partial charge in [-0.1, -0.05) is 48.2 Å².